The number of aryl methyl sites for hydroxylation is 1. The van der Waals surface area contributed by atoms with Crippen LogP contribution in [0.25, 0.3) is 0 Å². The maximum atomic E-state index is 13.3. The minimum absolute atomic E-state index is 0.0728. The molecule has 1 amide bonds. The second-order valence-corrected chi connectivity index (χ2v) is 9.83. The number of likely N-dealkylation sites (tertiary alicyclic amines) is 1. The molecule has 1 aliphatic rings. The van der Waals surface area contributed by atoms with Crippen LogP contribution in [0.5, 0.6) is 0 Å². The summed E-state index contributed by atoms with van der Waals surface area (Å²) in [5.41, 5.74) is 2.90. The molecule has 0 atom stereocenters. The van der Waals surface area contributed by atoms with Gasteiger partial charge in [-0.2, -0.15) is 0 Å². The van der Waals surface area contributed by atoms with E-state index in [-0.39, 0.29) is 16.4 Å². The molecule has 0 spiro atoms. The van der Waals surface area contributed by atoms with E-state index in [4.69, 9.17) is 0 Å². The summed E-state index contributed by atoms with van der Waals surface area (Å²) in [7, 11) is -2.13. The number of benzene rings is 1. The monoisotopic (exact) mass is 467 g/mol. The van der Waals surface area contributed by atoms with E-state index in [1.54, 1.807) is 48.6 Å². The molecule has 28 heavy (non-hydrogen) atoms. The van der Waals surface area contributed by atoms with Crippen molar-refractivity contribution in [2.45, 2.75) is 44.9 Å². The molecule has 0 bridgehead atoms. The van der Waals surface area contributed by atoms with Gasteiger partial charge in [-0.25, -0.2) is 8.42 Å². The summed E-state index contributed by atoms with van der Waals surface area (Å²) in [6.07, 6.45) is 3.01. The molecule has 0 saturated carbocycles. The Morgan fingerprint density at radius 3 is 2.32 bits per heavy atom. The van der Waals surface area contributed by atoms with Crippen LogP contribution in [-0.2, 0) is 17.1 Å². The number of nitrogens with one attached hydrogen (secondary N) is 1. The molecule has 1 N–H and O–H groups in total. The van der Waals surface area contributed by atoms with E-state index in [1.165, 1.54) is 0 Å². The number of halogens is 1. The molecule has 2 aromatic rings. The second kappa shape index (κ2) is 7.91. The lowest BCUT2D eigenvalue weighted by Gasteiger charge is -2.27. The number of anilines is 1. The number of carbonyl (C=O) groups excluding carboxylic acids is 1. The van der Waals surface area contributed by atoms with Gasteiger partial charge in [-0.05, 0) is 63.8 Å². The van der Waals surface area contributed by atoms with Gasteiger partial charge in [-0.15, -0.1) is 0 Å². The van der Waals surface area contributed by atoms with Crippen molar-refractivity contribution in [2.24, 2.45) is 7.05 Å². The molecule has 0 unspecified atom stereocenters. The number of piperidine rings is 1. The molecule has 1 aromatic carbocycles. The maximum absolute atomic E-state index is 13.3. The maximum Gasteiger partial charge on any atom is 0.264 e. The Hall–Kier alpha value is -1.80. The van der Waals surface area contributed by atoms with Crippen molar-refractivity contribution in [1.82, 2.24) is 9.47 Å². The van der Waals surface area contributed by atoms with Crippen LogP contribution < -0.4 is 4.72 Å². The normalized spacial score (nSPS) is 15.0. The zero-order valence-electron chi connectivity index (χ0n) is 16.7. The van der Waals surface area contributed by atoms with Gasteiger partial charge >= 0.3 is 0 Å². The van der Waals surface area contributed by atoms with Gasteiger partial charge in [-0.1, -0.05) is 15.9 Å². The van der Waals surface area contributed by atoms with Gasteiger partial charge in [0.05, 0.1) is 5.56 Å². The van der Waals surface area contributed by atoms with Gasteiger partial charge in [-0.3, -0.25) is 9.52 Å². The first-order valence-corrected chi connectivity index (χ1v) is 11.6. The predicted molar refractivity (Wildman–Crippen MR) is 114 cm³/mol. The molecular weight excluding hydrogens is 442 g/mol. The molecule has 6 nitrogen and oxygen atoms in total. The SMILES string of the molecule is Cc1cc(NS(=O)(=O)c2c(C(=O)N3CCCCC3)c(C)n(C)c2C)ccc1Br. The van der Waals surface area contributed by atoms with Gasteiger partial charge in [0, 0.05) is 41.7 Å². The van der Waals surface area contributed by atoms with Crippen molar-refractivity contribution in [3.8, 4) is 0 Å². The molecule has 1 fully saturated rings. The van der Waals surface area contributed by atoms with E-state index in [0.717, 1.165) is 29.3 Å². The van der Waals surface area contributed by atoms with Crippen LogP contribution in [-0.4, -0.2) is 36.9 Å². The standard InChI is InChI=1S/C20H26BrN3O3S/c1-13-12-16(8-9-17(13)21)22-28(26,27)19-15(3)23(4)14(2)18(19)20(25)24-10-6-5-7-11-24/h8-9,12,22H,5-7,10-11H2,1-4H3. The summed E-state index contributed by atoms with van der Waals surface area (Å²) in [5, 5.41) is 0. The van der Waals surface area contributed by atoms with Crippen LogP contribution in [0.2, 0.25) is 0 Å². The van der Waals surface area contributed by atoms with Crippen LogP contribution in [0, 0.1) is 20.8 Å². The molecule has 152 valence electrons. The number of hydrogen-bond acceptors (Lipinski definition) is 3. The van der Waals surface area contributed by atoms with Gasteiger partial charge in [0.25, 0.3) is 15.9 Å². The van der Waals surface area contributed by atoms with Crippen molar-refractivity contribution in [3.63, 3.8) is 0 Å². The van der Waals surface area contributed by atoms with Gasteiger partial charge < -0.3 is 9.47 Å². The third kappa shape index (κ3) is 3.85. The Balaban J connectivity index is 2.05. The first-order chi connectivity index (χ1) is 13.1. The minimum Gasteiger partial charge on any atom is -0.350 e. The molecule has 0 radical (unpaired) electrons. The van der Waals surface area contributed by atoms with E-state index in [0.29, 0.717) is 30.2 Å². The molecule has 2 heterocycles. The molecule has 0 aliphatic carbocycles. The quantitative estimate of drug-likeness (QED) is 0.733. The fraction of sp³-hybridized carbons (Fsp3) is 0.450. The number of hydrogen-bond donors (Lipinski definition) is 1. The average molecular weight is 468 g/mol. The van der Waals surface area contributed by atoms with E-state index in [2.05, 4.69) is 20.7 Å². The molecule has 1 aliphatic heterocycles. The number of amides is 1. The van der Waals surface area contributed by atoms with Crippen LogP contribution >= 0.6 is 15.9 Å². The summed E-state index contributed by atoms with van der Waals surface area (Å²) in [6, 6.07) is 5.26. The van der Waals surface area contributed by atoms with Crippen molar-refractivity contribution < 1.29 is 13.2 Å². The lowest BCUT2D eigenvalue weighted by molar-refractivity contribution is 0.0720. The van der Waals surface area contributed by atoms with Crippen molar-refractivity contribution >= 4 is 37.5 Å². The predicted octanol–water partition coefficient (Wildman–Crippen LogP) is 4.14. The van der Waals surface area contributed by atoms with E-state index in [9.17, 15) is 13.2 Å². The van der Waals surface area contributed by atoms with Crippen LogP contribution in [0.1, 0.15) is 46.6 Å². The molecule has 3 rings (SSSR count). The zero-order valence-corrected chi connectivity index (χ0v) is 19.1. The lowest BCUT2D eigenvalue weighted by Crippen LogP contribution is -2.36. The number of aromatic nitrogens is 1. The van der Waals surface area contributed by atoms with E-state index < -0.39 is 10.0 Å². The Labute approximate surface area is 175 Å². The highest BCUT2D eigenvalue weighted by molar-refractivity contribution is 9.10. The van der Waals surface area contributed by atoms with Gasteiger partial charge in [0.1, 0.15) is 4.90 Å². The molecule has 1 aromatic heterocycles. The van der Waals surface area contributed by atoms with Crippen LogP contribution in [0.15, 0.2) is 27.6 Å². The Morgan fingerprint density at radius 2 is 1.71 bits per heavy atom. The Bertz CT molecular complexity index is 1020. The highest BCUT2D eigenvalue weighted by Crippen LogP contribution is 2.30. The fourth-order valence-electron chi connectivity index (χ4n) is 3.67. The largest absolute Gasteiger partial charge is 0.350 e. The summed E-state index contributed by atoms with van der Waals surface area (Å²) in [4.78, 5) is 15.1. The average Bonchev–Trinajstić information content (AvgIpc) is 2.89. The number of nitrogens with zero attached hydrogens (tertiary/aromatic N) is 2. The molecule has 1 saturated heterocycles. The third-order valence-corrected chi connectivity index (χ3v) is 7.89. The zero-order chi connectivity index (χ0) is 20.6. The lowest BCUT2D eigenvalue weighted by atomic mass is 10.1. The van der Waals surface area contributed by atoms with E-state index in [1.807, 2.05) is 6.92 Å². The van der Waals surface area contributed by atoms with Crippen molar-refractivity contribution in [3.05, 3.63) is 45.2 Å². The fourth-order valence-corrected chi connectivity index (χ4v) is 5.48. The minimum atomic E-state index is -3.92. The Kier molecular flexibility index (Phi) is 5.91. The van der Waals surface area contributed by atoms with Gasteiger partial charge in [0.15, 0.2) is 0 Å². The summed E-state index contributed by atoms with van der Waals surface area (Å²) < 4.78 is 31.9. The first-order valence-electron chi connectivity index (χ1n) is 9.37. The van der Waals surface area contributed by atoms with Gasteiger partial charge in [0.2, 0.25) is 0 Å². The summed E-state index contributed by atoms with van der Waals surface area (Å²) >= 11 is 3.42. The molecular formula is C20H26BrN3O3S. The van der Waals surface area contributed by atoms with E-state index >= 15 is 0 Å². The smallest absolute Gasteiger partial charge is 0.264 e. The number of carbonyl (C=O) groups is 1. The number of sulfonamides is 1. The Morgan fingerprint density at radius 1 is 1.07 bits per heavy atom. The summed E-state index contributed by atoms with van der Waals surface area (Å²) in [6.45, 7) is 6.77. The van der Waals surface area contributed by atoms with Crippen LogP contribution in [0.3, 0.4) is 0 Å². The topological polar surface area (TPSA) is 71.4 Å². The third-order valence-electron chi connectivity index (χ3n) is 5.46. The first kappa shape index (κ1) is 20.9. The number of rotatable bonds is 4. The second-order valence-electron chi connectivity index (χ2n) is 7.36. The van der Waals surface area contributed by atoms with Crippen molar-refractivity contribution in [2.75, 3.05) is 17.8 Å². The molecule has 8 heteroatoms. The highest BCUT2D eigenvalue weighted by atomic mass is 79.9. The summed E-state index contributed by atoms with van der Waals surface area (Å²) in [5.74, 6) is -0.201. The van der Waals surface area contributed by atoms with Crippen LogP contribution in [0.4, 0.5) is 5.69 Å². The highest BCUT2D eigenvalue weighted by Gasteiger charge is 2.33. The van der Waals surface area contributed by atoms with Crippen molar-refractivity contribution in [1.29, 1.82) is 0 Å².